The van der Waals surface area contributed by atoms with Crippen molar-refractivity contribution in [1.29, 1.82) is 0 Å². The molecule has 0 aliphatic carbocycles. The summed E-state index contributed by atoms with van der Waals surface area (Å²) in [5, 5.41) is 2.79. The summed E-state index contributed by atoms with van der Waals surface area (Å²) in [6, 6.07) is 5.55. The van der Waals surface area contributed by atoms with Crippen molar-refractivity contribution < 1.29 is 22.7 Å². The van der Waals surface area contributed by atoms with Crippen LogP contribution in [0.2, 0.25) is 0 Å². The van der Waals surface area contributed by atoms with Gasteiger partial charge in [-0.3, -0.25) is 4.79 Å². The maximum atomic E-state index is 12.1. The number of nitrogens with one attached hydrogen (secondary N) is 1. The lowest BCUT2D eigenvalue weighted by Gasteiger charge is -2.15. The van der Waals surface area contributed by atoms with Crippen molar-refractivity contribution in [2.75, 3.05) is 20.7 Å². The van der Waals surface area contributed by atoms with Gasteiger partial charge in [0.1, 0.15) is 0 Å². The molecule has 152 valence electrons. The molecule has 1 rings (SSSR count). The average Bonchev–Trinajstić information content (AvgIpc) is 2.59. The Balaban J connectivity index is 2.56. The minimum Gasteiger partial charge on any atom is -0.452 e. The lowest BCUT2D eigenvalue weighted by atomic mass is 10.0. The number of hydrogen-bond acceptors (Lipinski definition) is 5. The Bertz CT molecular complexity index is 744. The Morgan fingerprint density at radius 1 is 1.15 bits per heavy atom. The standard InChI is InChI=1S/C19H30N2O5S/c1-14(2)8-6-9-15(3)20-18(22)13-26-19(23)16-10-7-11-17(12-16)27(24,25)21(4)5/h7,10-12,14-15H,6,8-9,13H2,1-5H3,(H,20,22)/t15-/m0/s1. The van der Waals surface area contributed by atoms with Crippen LogP contribution in [0.15, 0.2) is 29.2 Å². The van der Waals surface area contributed by atoms with Gasteiger partial charge in [0.05, 0.1) is 10.5 Å². The van der Waals surface area contributed by atoms with E-state index >= 15 is 0 Å². The number of nitrogens with zero attached hydrogens (tertiary/aromatic N) is 1. The molecule has 27 heavy (non-hydrogen) atoms. The van der Waals surface area contributed by atoms with E-state index in [4.69, 9.17) is 4.74 Å². The monoisotopic (exact) mass is 398 g/mol. The number of hydrogen-bond donors (Lipinski definition) is 1. The zero-order valence-corrected chi connectivity index (χ0v) is 17.5. The number of amides is 1. The predicted molar refractivity (Wildman–Crippen MR) is 104 cm³/mol. The summed E-state index contributed by atoms with van der Waals surface area (Å²) in [5.74, 6) is -0.494. The second kappa shape index (κ2) is 10.4. The predicted octanol–water partition coefficient (Wildman–Crippen LogP) is 2.42. The van der Waals surface area contributed by atoms with E-state index in [0.29, 0.717) is 5.92 Å². The lowest BCUT2D eigenvalue weighted by molar-refractivity contribution is -0.124. The smallest absolute Gasteiger partial charge is 0.338 e. The van der Waals surface area contributed by atoms with Crippen LogP contribution in [0.1, 0.15) is 50.4 Å². The van der Waals surface area contributed by atoms with Crippen molar-refractivity contribution in [3.8, 4) is 0 Å². The van der Waals surface area contributed by atoms with Crippen LogP contribution >= 0.6 is 0 Å². The van der Waals surface area contributed by atoms with Crippen LogP contribution in [0.3, 0.4) is 0 Å². The quantitative estimate of drug-likeness (QED) is 0.611. The van der Waals surface area contributed by atoms with Gasteiger partial charge < -0.3 is 10.1 Å². The van der Waals surface area contributed by atoms with E-state index < -0.39 is 22.6 Å². The molecule has 0 spiro atoms. The molecular weight excluding hydrogens is 368 g/mol. The van der Waals surface area contributed by atoms with E-state index in [2.05, 4.69) is 19.2 Å². The summed E-state index contributed by atoms with van der Waals surface area (Å²) < 4.78 is 30.3. The van der Waals surface area contributed by atoms with Gasteiger partial charge in [0, 0.05) is 20.1 Å². The summed E-state index contributed by atoms with van der Waals surface area (Å²) in [6.45, 7) is 5.82. The van der Waals surface area contributed by atoms with E-state index in [1.54, 1.807) is 0 Å². The topological polar surface area (TPSA) is 92.8 Å². The fourth-order valence-electron chi connectivity index (χ4n) is 2.43. The first kappa shape index (κ1) is 23.1. The maximum absolute atomic E-state index is 12.1. The van der Waals surface area contributed by atoms with Gasteiger partial charge in [-0.25, -0.2) is 17.5 Å². The molecule has 0 bridgehead atoms. The van der Waals surface area contributed by atoms with Crippen LogP contribution in [0.25, 0.3) is 0 Å². The lowest BCUT2D eigenvalue weighted by Crippen LogP contribution is -2.35. The van der Waals surface area contributed by atoms with Gasteiger partial charge in [0.15, 0.2) is 6.61 Å². The fraction of sp³-hybridized carbons (Fsp3) is 0.579. The molecule has 7 nitrogen and oxygen atoms in total. The van der Waals surface area contributed by atoms with Crippen LogP contribution in [-0.4, -0.2) is 51.3 Å². The van der Waals surface area contributed by atoms with E-state index in [-0.39, 0.29) is 22.4 Å². The van der Waals surface area contributed by atoms with Gasteiger partial charge in [-0.05, 0) is 37.5 Å². The largest absolute Gasteiger partial charge is 0.452 e. The van der Waals surface area contributed by atoms with Gasteiger partial charge in [-0.2, -0.15) is 0 Å². The summed E-state index contributed by atoms with van der Waals surface area (Å²) >= 11 is 0. The van der Waals surface area contributed by atoms with E-state index in [0.717, 1.165) is 23.6 Å². The zero-order valence-electron chi connectivity index (χ0n) is 16.7. The number of ether oxygens (including phenoxy) is 1. The number of carbonyl (C=O) groups is 2. The van der Waals surface area contributed by atoms with E-state index in [1.807, 2.05) is 6.92 Å². The normalized spacial score (nSPS) is 12.9. The minimum absolute atomic E-state index is 0.00325. The number of rotatable bonds is 10. The van der Waals surface area contributed by atoms with Crippen molar-refractivity contribution in [2.45, 2.75) is 51.0 Å². The third-order valence-corrected chi connectivity index (χ3v) is 5.82. The van der Waals surface area contributed by atoms with Crippen molar-refractivity contribution >= 4 is 21.9 Å². The summed E-state index contributed by atoms with van der Waals surface area (Å²) in [7, 11) is -0.830. The molecule has 1 atom stereocenters. The van der Waals surface area contributed by atoms with Crippen LogP contribution < -0.4 is 5.32 Å². The molecular formula is C19H30N2O5S. The summed E-state index contributed by atoms with van der Waals surface area (Å²) in [6.07, 6.45) is 2.98. The summed E-state index contributed by atoms with van der Waals surface area (Å²) in [4.78, 5) is 24.0. The first-order chi connectivity index (χ1) is 12.5. The molecule has 1 N–H and O–H groups in total. The van der Waals surface area contributed by atoms with Crippen molar-refractivity contribution in [3.05, 3.63) is 29.8 Å². The highest BCUT2D eigenvalue weighted by Crippen LogP contribution is 2.15. The minimum atomic E-state index is -3.65. The molecule has 0 radical (unpaired) electrons. The molecule has 0 unspecified atom stereocenters. The molecule has 0 saturated carbocycles. The SMILES string of the molecule is CC(C)CCC[C@H](C)NC(=O)COC(=O)c1cccc(S(=O)(=O)N(C)C)c1. The number of sulfonamides is 1. The second-order valence-electron chi connectivity index (χ2n) is 7.18. The second-order valence-corrected chi connectivity index (χ2v) is 9.34. The van der Waals surface area contributed by atoms with Crippen molar-refractivity contribution in [1.82, 2.24) is 9.62 Å². The van der Waals surface area contributed by atoms with Gasteiger partial charge in [0.25, 0.3) is 5.91 Å². The number of benzene rings is 1. The number of carbonyl (C=O) groups excluding carboxylic acids is 2. The number of esters is 1. The Hall–Kier alpha value is -1.93. The van der Waals surface area contributed by atoms with Crippen LogP contribution in [0.4, 0.5) is 0 Å². The van der Waals surface area contributed by atoms with Crippen LogP contribution in [-0.2, 0) is 19.6 Å². The van der Waals surface area contributed by atoms with Gasteiger partial charge in [0.2, 0.25) is 10.0 Å². The molecule has 1 amide bonds. The zero-order chi connectivity index (χ0) is 20.6. The average molecular weight is 399 g/mol. The molecule has 0 aliphatic rings. The Morgan fingerprint density at radius 2 is 1.81 bits per heavy atom. The summed E-state index contributed by atoms with van der Waals surface area (Å²) in [5.41, 5.74) is 0.0794. The Morgan fingerprint density at radius 3 is 2.41 bits per heavy atom. The highest BCUT2D eigenvalue weighted by molar-refractivity contribution is 7.89. The Labute approximate surface area is 162 Å². The molecule has 0 heterocycles. The van der Waals surface area contributed by atoms with Crippen molar-refractivity contribution in [3.63, 3.8) is 0 Å². The molecule has 0 aliphatic heterocycles. The first-order valence-corrected chi connectivity index (χ1v) is 10.5. The molecule has 8 heteroatoms. The van der Waals surface area contributed by atoms with E-state index in [9.17, 15) is 18.0 Å². The molecule has 1 aromatic carbocycles. The van der Waals surface area contributed by atoms with Gasteiger partial charge in [-0.15, -0.1) is 0 Å². The van der Waals surface area contributed by atoms with Crippen LogP contribution in [0.5, 0.6) is 0 Å². The fourth-order valence-corrected chi connectivity index (χ4v) is 3.38. The third kappa shape index (κ3) is 7.68. The Kier molecular flexibility index (Phi) is 8.92. The molecule has 0 fully saturated rings. The highest BCUT2D eigenvalue weighted by Gasteiger charge is 2.19. The molecule has 0 aromatic heterocycles. The molecule has 0 saturated heterocycles. The van der Waals surface area contributed by atoms with Crippen molar-refractivity contribution in [2.24, 2.45) is 5.92 Å². The van der Waals surface area contributed by atoms with E-state index in [1.165, 1.54) is 38.4 Å². The highest BCUT2D eigenvalue weighted by atomic mass is 32.2. The third-order valence-electron chi connectivity index (χ3n) is 4.01. The molecule has 1 aromatic rings. The maximum Gasteiger partial charge on any atom is 0.338 e. The first-order valence-electron chi connectivity index (χ1n) is 9.03. The van der Waals surface area contributed by atoms with Gasteiger partial charge >= 0.3 is 5.97 Å². The van der Waals surface area contributed by atoms with Gasteiger partial charge in [-0.1, -0.05) is 32.8 Å². The van der Waals surface area contributed by atoms with Crippen LogP contribution in [0, 0.1) is 5.92 Å².